The van der Waals surface area contributed by atoms with Crippen molar-refractivity contribution in [2.75, 3.05) is 13.7 Å². The third-order valence-electron chi connectivity index (χ3n) is 4.71. The van der Waals surface area contributed by atoms with Gasteiger partial charge in [0.1, 0.15) is 0 Å². The molecule has 0 heterocycles. The monoisotopic (exact) mass is 315 g/mol. The van der Waals surface area contributed by atoms with Gasteiger partial charge in [0.05, 0.1) is 18.3 Å². The molecule has 2 aliphatic rings. The van der Waals surface area contributed by atoms with Crippen LogP contribution in [-0.4, -0.2) is 43.6 Å². The highest BCUT2D eigenvalue weighted by Gasteiger charge is 2.46. The van der Waals surface area contributed by atoms with Gasteiger partial charge in [0, 0.05) is 12.6 Å². The molecular weight excluding hydrogens is 290 g/mol. The summed E-state index contributed by atoms with van der Waals surface area (Å²) >= 11 is 0. The molecule has 2 rings (SSSR count). The average molecular weight is 315 g/mol. The van der Waals surface area contributed by atoms with Crippen molar-refractivity contribution in [3.63, 3.8) is 0 Å². The molecule has 2 aliphatic carbocycles. The highest BCUT2D eigenvalue weighted by molar-refractivity contribution is 7.89. The highest BCUT2D eigenvalue weighted by Crippen LogP contribution is 2.36. The van der Waals surface area contributed by atoms with Gasteiger partial charge in [-0.1, -0.05) is 25.3 Å². The molecule has 0 saturated heterocycles. The van der Waals surface area contributed by atoms with Crippen LogP contribution in [0.15, 0.2) is 12.7 Å². The van der Waals surface area contributed by atoms with Crippen LogP contribution in [0.1, 0.15) is 44.9 Å². The number of esters is 1. The zero-order chi connectivity index (χ0) is 15.5. The van der Waals surface area contributed by atoms with Crippen LogP contribution in [0.4, 0.5) is 0 Å². The first-order valence-electron chi connectivity index (χ1n) is 7.71. The molecule has 0 bridgehead atoms. The number of ether oxygens (including phenoxy) is 1. The lowest BCUT2D eigenvalue weighted by molar-refractivity contribution is -0.145. The summed E-state index contributed by atoms with van der Waals surface area (Å²) < 4.78 is 32.4. The molecule has 0 aromatic carbocycles. The predicted molar refractivity (Wildman–Crippen MR) is 81.2 cm³/mol. The molecule has 5 nitrogen and oxygen atoms in total. The van der Waals surface area contributed by atoms with Gasteiger partial charge in [0.2, 0.25) is 10.0 Å². The summed E-state index contributed by atoms with van der Waals surface area (Å²) in [5, 5.41) is -0.634. The predicted octanol–water partition coefficient (Wildman–Crippen LogP) is 2.09. The minimum Gasteiger partial charge on any atom is -0.469 e. The quantitative estimate of drug-likeness (QED) is 0.556. The van der Waals surface area contributed by atoms with Crippen LogP contribution < -0.4 is 0 Å². The molecule has 21 heavy (non-hydrogen) atoms. The van der Waals surface area contributed by atoms with Crippen molar-refractivity contribution in [1.82, 2.24) is 4.31 Å². The van der Waals surface area contributed by atoms with Crippen molar-refractivity contribution in [1.29, 1.82) is 0 Å². The Morgan fingerprint density at radius 1 is 1.24 bits per heavy atom. The molecule has 0 aliphatic heterocycles. The summed E-state index contributed by atoms with van der Waals surface area (Å²) in [7, 11) is -2.17. The number of hydrogen-bond acceptors (Lipinski definition) is 4. The Morgan fingerprint density at radius 2 is 1.90 bits per heavy atom. The van der Waals surface area contributed by atoms with Gasteiger partial charge in [0.25, 0.3) is 0 Å². The Kier molecular flexibility index (Phi) is 5.43. The number of rotatable bonds is 6. The number of hydrogen-bond donors (Lipinski definition) is 0. The standard InChI is InChI=1S/C15H25NO4S/c1-3-11-16(12-7-4-5-8-12)21(18,19)14-10-6-9-13(14)15(17)20-2/h3,12-14H,1,4-11H2,2H3. The van der Waals surface area contributed by atoms with Gasteiger partial charge in [-0.2, -0.15) is 4.31 Å². The number of methoxy groups -OCH3 is 1. The molecule has 0 aromatic rings. The number of carbonyl (C=O) groups excluding carboxylic acids is 1. The maximum Gasteiger partial charge on any atom is 0.310 e. The maximum absolute atomic E-state index is 13.0. The summed E-state index contributed by atoms with van der Waals surface area (Å²) in [5.41, 5.74) is 0. The summed E-state index contributed by atoms with van der Waals surface area (Å²) in [6.07, 6.45) is 7.49. The lowest BCUT2D eigenvalue weighted by Gasteiger charge is -2.31. The van der Waals surface area contributed by atoms with Crippen molar-refractivity contribution >= 4 is 16.0 Å². The van der Waals surface area contributed by atoms with Crippen molar-refractivity contribution in [2.24, 2.45) is 5.92 Å². The minimum atomic E-state index is -3.49. The molecule has 0 spiro atoms. The smallest absolute Gasteiger partial charge is 0.310 e. The fourth-order valence-electron chi connectivity index (χ4n) is 3.66. The molecule has 0 N–H and O–H groups in total. The lowest BCUT2D eigenvalue weighted by Crippen LogP contribution is -2.46. The van der Waals surface area contributed by atoms with E-state index in [9.17, 15) is 13.2 Å². The minimum absolute atomic E-state index is 0.0619. The van der Waals surface area contributed by atoms with Crippen LogP contribution in [0.5, 0.6) is 0 Å². The largest absolute Gasteiger partial charge is 0.469 e. The molecule has 2 fully saturated rings. The Balaban J connectivity index is 2.24. The van der Waals surface area contributed by atoms with E-state index in [0.717, 1.165) is 32.1 Å². The zero-order valence-electron chi connectivity index (χ0n) is 12.7. The third-order valence-corrected chi connectivity index (χ3v) is 7.14. The fourth-order valence-corrected chi connectivity index (χ4v) is 6.07. The molecule has 6 heteroatoms. The summed E-state index contributed by atoms with van der Waals surface area (Å²) in [6.45, 7) is 4.02. The Bertz CT molecular complexity index is 482. The first-order chi connectivity index (χ1) is 10.0. The summed E-state index contributed by atoms with van der Waals surface area (Å²) in [4.78, 5) is 11.8. The van der Waals surface area contributed by atoms with Crippen LogP contribution in [0.25, 0.3) is 0 Å². The second kappa shape index (κ2) is 6.92. The zero-order valence-corrected chi connectivity index (χ0v) is 13.5. The van der Waals surface area contributed by atoms with E-state index in [1.54, 1.807) is 10.4 Å². The van der Waals surface area contributed by atoms with E-state index in [-0.39, 0.29) is 6.04 Å². The molecule has 2 unspecified atom stereocenters. The molecule has 120 valence electrons. The molecule has 0 radical (unpaired) electrons. The van der Waals surface area contributed by atoms with Crippen LogP contribution >= 0.6 is 0 Å². The van der Waals surface area contributed by atoms with Gasteiger partial charge in [-0.25, -0.2) is 8.42 Å². The molecular formula is C15H25NO4S. The first kappa shape index (κ1) is 16.5. The van der Waals surface area contributed by atoms with Gasteiger partial charge in [-0.15, -0.1) is 6.58 Å². The van der Waals surface area contributed by atoms with E-state index < -0.39 is 27.2 Å². The van der Waals surface area contributed by atoms with Gasteiger partial charge >= 0.3 is 5.97 Å². The van der Waals surface area contributed by atoms with Crippen LogP contribution in [0.2, 0.25) is 0 Å². The van der Waals surface area contributed by atoms with Gasteiger partial charge in [0.15, 0.2) is 0 Å². The Hall–Kier alpha value is -0.880. The number of nitrogens with zero attached hydrogens (tertiary/aromatic N) is 1. The fraction of sp³-hybridized carbons (Fsp3) is 0.800. The second-order valence-corrected chi connectivity index (χ2v) is 8.05. The van der Waals surface area contributed by atoms with E-state index in [2.05, 4.69) is 6.58 Å². The van der Waals surface area contributed by atoms with Crippen LogP contribution in [0, 0.1) is 5.92 Å². The molecule has 0 amide bonds. The third kappa shape index (κ3) is 3.31. The van der Waals surface area contributed by atoms with E-state index in [4.69, 9.17) is 4.74 Å². The van der Waals surface area contributed by atoms with Crippen LogP contribution in [0.3, 0.4) is 0 Å². The number of sulfonamides is 1. The van der Waals surface area contributed by atoms with Crippen molar-refractivity contribution in [3.05, 3.63) is 12.7 Å². The molecule has 2 saturated carbocycles. The van der Waals surface area contributed by atoms with Gasteiger partial charge in [-0.3, -0.25) is 4.79 Å². The average Bonchev–Trinajstić information content (AvgIpc) is 3.14. The van der Waals surface area contributed by atoms with E-state index in [1.807, 2.05) is 0 Å². The molecule has 0 aromatic heterocycles. The van der Waals surface area contributed by atoms with E-state index >= 15 is 0 Å². The Labute approximate surface area is 127 Å². The highest BCUT2D eigenvalue weighted by atomic mass is 32.2. The second-order valence-electron chi connectivity index (χ2n) is 5.94. The van der Waals surface area contributed by atoms with Gasteiger partial charge < -0.3 is 4.74 Å². The maximum atomic E-state index is 13.0. The number of carbonyl (C=O) groups is 1. The summed E-state index contributed by atoms with van der Waals surface area (Å²) in [5.74, 6) is -0.917. The van der Waals surface area contributed by atoms with Gasteiger partial charge in [-0.05, 0) is 25.7 Å². The van der Waals surface area contributed by atoms with Crippen molar-refractivity contribution in [3.8, 4) is 0 Å². The van der Waals surface area contributed by atoms with Crippen molar-refractivity contribution in [2.45, 2.75) is 56.2 Å². The first-order valence-corrected chi connectivity index (χ1v) is 9.22. The van der Waals surface area contributed by atoms with E-state index in [1.165, 1.54) is 7.11 Å². The lowest BCUT2D eigenvalue weighted by atomic mass is 10.1. The normalized spacial score (nSPS) is 27.1. The van der Waals surface area contributed by atoms with Crippen LogP contribution in [-0.2, 0) is 19.6 Å². The van der Waals surface area contributed by atoms with Crippen molar-refractivity contribution < 1.29 is 17.9 Å². The molecule has 2 atom stereocenters. The topological polar surface area (TPSA) is 63.7 Å². The van der Waals surface area contributed by atoms with E-state index in [0.29, 0.717) is 19.4 Å². The Morgan fingerprint density at radius 3 is 2.48 bits per heavy atom. The summed E-state index contributed by atoms with van der Waals surface area (Å²) in [6, 6.07) is 0.0619. The SMILES string of the molecule is C=CCN(C1CCCC1)S(=O)(=O)C1CCCC1C(=O)OC.